The van der Waals surface area contributed by atoms with Crippen LogP contribution in [0.3, 0.4) is 0 Å². The summed E-state index contributed by atoms with van der Waals surface area (Å²) in [6.45, 7) is 2.59. The van der Waals surface area contributed by atoms with Crippen LogP contribution in [0.4, 0.5) is 5.13 Å². The van der Waals surface area contributed by atoms with Gasteiger partial charge in [-0.15, -0.1) is 11.3 Å². The summed E-state index contributed by atoms with van der Waals surface area (Å²) in [4.78, 5) is 17.6. The van der Waals surface area contributed by atoms with Crippen molar-refractivity contribution in [1.29, 1.82) is 0 Å². The quantitative estimate of drug-likeness (QED) is 0.816. The molecule has 0 spiro atoms. The SMILES string of the molecule is O=C(CN1CCCC1)Nc1nccs1. The Bertz CT molecular complexity index is 293. The maximum absolute atomic E-state index is 11.5. The third kappa shape index (κ3) is 2.52. The molecule has 0 unspecified atom stereocenters. The normalized spacial score (nSPS) is 17.1. The number of aromatic nitrogens is 1. The van der Waals surface area contributed by atoms with Crippen molar-refractivity contribution in [3.63, 3.8) is 0 Å². The van der Waals surface area contributed by atoms with E-state index in [1.165, 1.54) is 24.2 Å². The highest BCUT2D eigenvalue weighted by atomic mass is 32.1. The number of nitrogens with zero attached hydrogens (tertiary/aromatic N) is 2. The molecule has 1 aromatic rings. The molecular formula is C9H13N3OS. The second kappa shape index (κ2) is 4.52. The molecule has 1 aromatic heterocycles. The molecule has 0 saturated carbocycles. The van der Waals surface area contributed by atoms with Crippen LogP contribution in [0.5, 0.6) is 0 Å². The predicted molar refractivity (Wildman–Crippen MR) is 56.4 cm³/mol. The fraction of sp³-hybridized carbons (Fsp3) is 0.556. The Hall–Kier alpha value is -0.940. The Kier molecular flexibility index (Phi) is 3.10. The first-order valence-corrected chi connectivity index (χ1v) is 5.64. The number of carbonyl (C=O) groups excluding carboxylic acids is 1. The molecule has 0 bridgehead atoms. The van der Waals surface area contributed by atoms with E-state index in [2.05, 4.69) is 15.2 Å². The summed E-state index contributed by atoms with van der Waals surface area (Å²) < 4.78 is 0. The van der Waals surface area contributed by atoms with Gasteiger partial charge in [0.15, 0.2) is 5.13 Å². The number of carbonyl (C=O) groups is 1. The van der Waals surface area contributed by atoms with Gasteiger partial charge in [-0.1, -0.05) is 0 Å². The summed E-state index contributed by atoms with van der Waals surface area (Å²) >= 11 is 1.45. The van der Waals surface area contributed by atoms with Crippen LogP contribution in [0.2, 0.25) is 0 Å². The van der Waals surface area contributed by atoms with Crippen LogP contribution in [-0.2, 0) is 4.79 Å². The molecule has 1 aliphatic rings. The molecule has 0 aromatic carbocycles. The van der Waals surface area contributed by atoms with Crippen molar-refractivity contribution >= 4 is 22.4 Å². The van der Waals surface area contributed by atoms with Gasteiger partial charge in [0, 0.05) is 11.6 Å². The van der Waals surface area contributed by atoms with Gasteiger partial charge in [-0.25, -0.2) is 4.98 Å². The fourth-order valence-corrected chi connectivity index (χ4v) is 2.13. The van der Waals surface area contributed by atoms with Gasteiger partial charge < -0.3 is 5.32 Å². The van der Waals surface area contributed by atoms with Gasteiger partial charge in [-0.2, -0.15) is 0 Å². The van der Waals surface area contributed by atoms with Crippen molar-refractivity contribution in [2.24, 2.45) is 0 Å². The number of hydrogen-bond acceptors (Lipinski definition) is 4. The molecule has 1 saturated heterocycles. The first-order valence-electron chi connectivity index (χ1n) is 4.76. The number of thiazole rings is 1. The summed E-state index contributed by atoms with van der Waals surface area (Å²) in [6, 6.07) is 0. The van der Waals surface area contributed by atoms with Crippen LogP contribution < -0.4 is 5.32 Å². The largest absolute Gasteiger partial charge is 0.301 e. The van der Waals surface area contributed by atoms with E-state index < -0.39 is 0 Å². The van der Waals surface area contributed by atoms with Gasteiger partial charge in [0.25, 0.3) is 0 Å². The third-order valence-corrected chi connectivity index (χ3v) is 2.93. The Morgan fingerprint density at radius 3 is 3.00 bits per heavy atom. The molecule has 14 heavy (non-hydrogen) atoms. The molecule has 5 heteroatoms. The van der Waals surface area contributed by atoms with Gasteiger partial charge >= 0.3 is 0 Å². The minimum atomic E-state index is 0.0434. The molecule has 0 aliphatic carbocycles. The molecule has 2 heterocycles. The van der Waals surface area contributed by atoms with E-state index >= 15 is 0 Å². The van der Waals surface area contributed by atoms with E-state index in [4.69, 9.17) is 0 Å². The zero-order valence-corrected chi connectivity index (χ0v) is 8.72. The Morgan fingerprint density at radius 1 is 1.57 bits per heavy atom. The lowest BCUT2D eigenvalue weighted by Crippen LogP contribution is -2.30. The third-order valence-electron chi connectivity index (χ3n) is 2.24. The van der Waals surface area contributed by atoms with E-state index in [9.17, 15) is 4.79 Å². The molecule has 0 radical (unpaired) electrons. The Labute approximate surface area is 86.9 Å². The zero-order valence-electron chi connectivity index (χ0n) is 7.90. The summed E-state index contributed by atoms with van der Waals surface area (Å²) in [5.74, 6) is 0.0434. The predicted octanol–water partition coefficient (Wildman–Crippen LogP) is 1.18. The lowest BCUT2D eigenvalue weighted by atomic mass is 10.4. The minimum Gasteiger partial charge on any atom is -0.301 e. The van der Waals surface area contributed by atoms with Crippen molar-refractivity contribution in [2.45, 2.75) is 12.8 Å². The standard InChI is InChI=1S/C9H13N3OS/c13-8(7-12-4-1-2-5-12)11-9-10-3-6-14-9/h3,6H,1-2,4-5,7H2,(H,10,11,13). The molecule has 1 amide bonds. The number of likely N-dealkylation sites (tertiary alicyclic amines) is 1. The van der Waals surface area contributed by atoms with Crippen LogP contribution in [0, 0.1) is 0 Å². The van der Waals surface area contributed by atoms with Gasteiger partial charge in [0.05, 0.1) is 6.54 Å². The molecular weight excluding hydrogens is 198 g/mol. The van der Waals surface area contributed by atoms with E-state index in [-0.39, 0.29) is 5.91 Å². The molecule has 4 nitrogen and oxygen atoms in total. The average Bonchev–Trinajstić information content (AvgIpc) is 2.76. The fourth-order valence-electron chi connectivity index (χ4n) is 1.59. The first kappa shape index (κ1) is 9.61. The van der Waals surface area contributed by atoms with E-state index in [1.54, 1.807) is 6.20 Å². The van der Waals surface area contributed by atoms with Gasteiger partial charge in [-0.05, 0) is 25.9 Å². The first-order chi connectivity index (χ1) is 6.84. The van der Waals surface area contributed by atoms with Crippen LogP contribution in [0.15, 0.2) is 11.6 Å². The summed E-state index contributed by atoms with van der Waals surface area (Å²) in [5, 5.41) is 5.32. The van der Waals surface area contributed by atoms with Crippen LogP contribution in [-0.4, -0.2) is 35.4 Å². The Balaban J connectivity index is 1.78. The number of anilines is 1. The number of hydrogen-bond donors (Lipinski definition) is 1. The van der Waals surface area contributed by atoms with Crippen LogP contribution in [0.1, 0.15) is 12.8 Å². The lowest BCUT2D eigenvalue weighted by Gasteiger charge is -2.12. The highest BCUT2D eigenvalue weighted by Gasteiger charge is 2.15. The summed E-state index contributed by atoms with van der Waals surface area (Å²) in [5.41, 5.74) is 0. The zero-order chi connectivity index (χ0) is 9.80. The van der Waals surface area contributed by atoms with Crippen molar-refractivity contribution in [2.75, 3.05) is 25.0 Å². The average molecular weight is 211 g/mol. The van der Waals surface area contributed by atoms with E-state index in [0.29, 0.717) is 11.7 Å². The number of amides is 1. The van der Waals surface area contributed by atoms with Crippen molar-refractivity contribution in [3.05, 3.63) is 11.6 Å². The molecule has 1 aliphatic heterocycles. The van der Waals surface area contributed by atoms with Gasteiger partial charge in [0.2, 0.25) is 5.91 Å². The molecule has 76 valence electrons. The maximum atomic E-state index is 11.5. The highest BCUT2D eigenvalue weighted by molar-refractivity contribution is 7.13. The number of rotatable bonds is 3. The monoisotopic (exact) mass is 211 g/mol. The van der Waals surface area contributed by atoms with Crippen LogP contribution in [0.25, 0.3) is 0 Å². The van der Waals surface area contributed by atoms with Crippen molar-refractivity contribution < 1.29 is 4.79 Å². The molecule has 1 fully saturated rings. The van der Waals surface area contributed by atoms with E-state index in [1.807, 2.05) is 5.38 Å². The second-order valence-electron chi connectivity index (χ2n) is 3.37. The molecule has 2 rings (SSSR count). The Morgan fingerprint density at radius 2 is 2.36 bits per heavy atom. The number of nitrogens with one attached hydrogen (secondary N) is 1. The topological polar surface area (TPSA) is 45.2 Å². The van der Waals surface area contributed by atoms with Crippen LogP contribution >= 0.6 is 11.3 Å². The second-order valence-corrected chi connectivity index (χ2v) is 4.26. The highest BCUT2D eigenvalue weighted by Crippen LogP contribution is 2.11. The molecule has 0 atom stereocenters. The van der Waals surface area contributed by atoms with Gasteiger partial charge in [0.1, 0.15) is 0 Å². The lowest BCUT2D eigenvalue weighted by molar-refractivity contribution is -0.117. The van der Waals surface area contributed by atoms with Crippen molar-refractivity contribution in [3.8, 4) is 0 Å². The van der Waals surface area contributed by atoms with Gasteiger partial charge in [-0.3, -0.25) is 9.69 Å². The smallest absolute Gasteiger partial charge is 0.240 e. The minimum absolute atomic E-state index is 0.0434. The molecule has 1 N–H and O–H groups in total. The van der Waals surface area contributed by atoms with E-state index in [0.717, 1.165) is 13.1 Å². The summed E-state index contributed by atoms with van der Waals surface area (Å²) in [7, 11) is 0. The maximum Gasteiger partial charge on any atom is 0.240 e. The van der Waals surface area contributed by atoms with Crippen molar-refractivity contribution in [1.82, 2.24) is 9.88 Å². The summed E-state index contributed by atoms with van der Waals surface area (Å²) in [6.07, 6.45) is 4.12.